The van der Waals surface area contributed by atoms with E-state index < -0.39 is 0 Å². The summed E-state index contributed by atoms with van der Waals surface area (Å²) in [4.78, 5) is 0. The third-order valence-corrected chi connectivity index (χ3v) is 5.49. The molecule has 0 saturated heterocycles. The molecular formula is C22H30N2. The first kappa shape index (κ1) is 17.2. The van der Waals surface area contributed by atoms with E-state index in [2.05, 4.69) is 66.0 Å². The van der Waals surface area contributed by atoms with Gasteiger partial charge in [0.1, 0.15) is 0 Å². The molecule has 1 aliphatic carbocycles. The van der Waals surface area contributed by atoms with Gasteiger partial charge in [0.05, 0.1) is 0 Å². The van der Waals surface area contributed by atoms with Crippen molar-refractivity contribution in [2.75, 3.05) is 19.6 Å². The quantitative estimate of drug-likeness (QED) is 0.803. The van der Waals surface area contributed by atoms with Crippen molar-refractivity contribution in [2.45, 2.75) is 31.6 Å². The highest BCUT2D eigenvalue weighted by Gasteiger charge is 2.20. The van der Waals surface area contributed by atoms with Crippen molar-refractivity contribution in [3.63, 3.8) is 0 Å². The molecule has 0 amide bonds. The number of hydrogen-bond donors (Lipinski definition) is 2. The monoisotopic (exact) mass is 322 g/mol. The van der Waals surface area contributed by atoms with Crippen LogP contribution in [0.1, 0.15) is 42.7 Å². The molecule has 3 N–H and O–H groups in total. The van der Waals surface area contributed by atoms with E-state index >= 15 is 0 Å². The number of nitrogens with one attached hydrogen (secondary N) is 1. The van der Waals surface area contributed by atoms with Crippen LogP contribution >= 0.6 is 0 Å². The molecule has 1 saturated carbocycles. The van der Waals surface area contributed by atoms with Crippen molar-refractivity contribution in [2.24, 2.45) is 17.6 Å². The number of nitrogens with two attached hydrogens (primary N) is 1. The zero-order chi connectivity index (χ0) is 16.6. The molecule has 0 heterocycles. The van der Waals surface area contributed by atoms with Gasteiger partial charge in [0.2, 0.25) is 0 Å². The fourth-order valence-electron chi connectivity index (χ4n) is 3.90. The predicted molar refractivity (Wildman–Crippen MR) is 102 cm³/mol. The predicted octanol–water partition coefficient (Wildman–Crippen LogP) is 4.17. The summed E-state index contributed by atoms with van der Waals surface area (Å²) >= 11 is 0. The van der Waals surface area contributed by atoms with Crippen molar-refractivity contribution in [1.29, 1.82) is 0 Å². The summed E-state index contributed by atoms with van der Waals surface area (Å²) in [5, 5.41) is 3.75. The highest BCUT2D eigenvalue weighted by molar-refractivity contribution is 5.32. The zero-order valence-electron chi connectivity index (χ0n) is 14.5. The molecule has 2 nitrogen and oxygen atoms in total. The van der Waals surface area contributed by atoms with Gasteiger partial charge in [-0.05, 0) is 61.7 Å². The third-order valence-electron chi connectivity index (χ3n) is 5.49. The maximum absolute atomic E-state index is 5.80. The van der Waals surface area contributed by atoms with Crippen LogP contribution in [0.5, 0.6) is 0 Å². The lowest BCUT2D eigenvalue weighted by Gasteiger charge is -2.28. The standard InChI is InChI=1S/C22H30N2/c23-15-18-11-13-19(14-12-18)16-24-17-22(20-7-3-1-4-8-20)21-9-5-2-6-10-21/h1-10,18-19,22,24H,11-17,23H2. The molecule has 0 spiro atoms. The van der Waals surface area contributed by atoms with Crippen molar-refractivity contribution in [3.05, 3.63) is 71.8 Å². The van der Waals surface area contributed by atoms with Crippen LogP contribution in [-0.4, -0.2) is 19.6 Å². The minimum atomic E-state index is 0.424. The Morgan fingerprint density at radius 3 is 1.79 bits per heavy atom. The van der Waals surface area contributed by atoms with E-state index in [1.165, 1.54) is 36.8 Å². The summed E-state index contributed by atoms with van der Waals surface area (Å²) in [6.45, 7) is 3.00. The third kappa shape index (κ3) is 4.68. The second kappa shape index (κ2) is 9.00. The fourth-order valence-corrected chi connectivity index (χ4v) is 3.90. The lowest BCUT2D eigenvalue weighted by Crippen LogP contribution is -2.31. The topological polar surface area (TPSA) is 38.0 Å². The maximum atomic E-state index is 5.80. The van der Waals surface area contributed by atoms with Crippen molar-refractivity contribution >= 4 is 0 Å². The lowest BCUT2D eigenvalue weighted by atomic mass is 9.82. The molecule has 0 aromatic heterocycles. The molecule has 2 aromatic carbocycles. The number of hydrogen-bond acceptors (Lipinski definition) is 2. The van der Waals surface area contributed by atoms with E-state index in [4.69, 9.17) is 5.73 Å². The smallest absolute Gasteiger partial charge is 0.0214 e. The van der Waals surface area contributed by atoms with Gasteiger partial charge in [-0.3, -0.25) is 0 Å². The first-order valence-electron chi connectivity index (χ1n) is 9.37. The summed E-state index contributed by atoms with van der Waals surface area (Å²) in [7, 11) is 0. The van der Waals surface area contributed by atoms with Crippen molar-refractivity contribution in [3.8, 4) is 0 Å². The van der Waals surface area contributed by atoms with E-state index in [1.807, 2.05) is 0 Å². The first-order chi connectivity index (χ1) is 11.9. The molecule has 1 fully saturated rings. The van der Waals surface area contributed by atoms with Crippen LogP contribution in [0, 0.1) is 11.8 Å². The molecule has 128 valence electrons. The van der Waals surface area contributed by atoms with Gasteiger partial charge in [0.15, 0.2) is 0 Å². The van der Waals surface area contributed by atoms with Crippen LogP contribution < -0.4 is 11.1 Å². The molecule has 2 heteroatoms. The largest absolute Gasteiger partial charge is 0.330 e. The Morgan fingerprint density at radius 2 is 1.29 bits per heavy atom. The Kier molecular flexibility index (Phi) is 6.45. The molecule has 3 rings (SSSR count). The molecule has 0 unspecified atom stereocenters. The SMILES string of the molecule is NCC1CCC(CNCC(c2ccccc2)c2ccccc2)CC1. The summed E-state index contributed by atoms with van der Waals surface area (Å²) in [5.74, 6) is 2.01. The molecule has 24 heavy (non-hydrogen) atoms. The van der Waals surface area contributed by atoms with Gasteiger partial charge in [-0.15, -0.1) is 0 Å². The van der Waals surface area contributed by atoms with Crippen LogP contribution in [-0.2, 0) is 0 Å². The maximum Gasteiger partial charge on any atom is 0.0214 e. The normalized spacial score (nSPS) is 21.1. The summed E-state index contributed by atoms with van der Waals surface area (Å²) in [6, 6.07) is 21.7. The zero-order valence-corrected chi connectivity index (χ0v) is 14.5. The lowest BCUT2D eigenvalue weighted by molar-refractivity contribution is 0.272. The van der Waals surface area contributed by atoms with Crippen LogP contribution in [0.3, 0.4) is 0 Å². The van der Waals surface area contributed by atoms with Crippen LogP contribution in [0.15, 0.2) is 60.7 Å². The van der Waals surface area contributed by atoms with Crippen LogP contribution in [0.4, 0.5) is 0 Å². The summed E-state index contributed by atoms with van der Waals surface area (Å²) in [5.41, 5.74) is 8.59. The molecule has 0 bridgehead atoms. The van der Waals surface area contributed by atoms with E-state index in [1.54, 1.807) is 0 Å². The van der Waals surface area contributed by atoms with Crippen LogP contribution in [0.25, 0.3) is 0 Å². The minimum Gasteiger partial charge on any atom is -0.330 e. The van der Waals surface area contributed by atoms with Gasteiger partial charge in [0.25, 0.3) is 0 Å². The van der Waals surface area contributed by atoms with E-state index in [0.717, 1.165) is 31.5 Å². The minimum absolute atomic E-state index is 0.424. The Morgan fingerprint density at radius 1 is 0.792 bits per heavy atom. The van der Waals surface area contributed by atoms with Gasteiger partial charge >= 0.3 is 0 Å². The molecule has 0 aliphatic heterocycles. The molecule has 0 radical (unpaired) electrons. The number of benzene rings is 2. The Hall–Kier alpha value is -1.64. The first-order valence-corrected chi connectivity index (χ1v) is 9.37. The van der Waals surface area contributed by atoms with Crippen molar-refractivity contribution in [1.82, 2.24) is 5.32 Å². The average Bonchev–Trinajstić information content (AvgIpc) is 2.67. The molecule has 2 aromatic rings. The summed E-state index contributed by atoms with van der Waals surface area (Å²) < 4.78 is 0. The molecule has 1 aliphatic rings. The van der Waals surface area contributed by atoms with Crippen molar-refractivity contribution < 1.29 is 0 Å². The second-order valence-electron chi connectivity index (χ2n) is 7.15. The fraction of sp³-hybridized carbons (Fsp3) is 0.455. The number of rotatable bonds is 7. The highest BCUT2D eigenvalue weighted by Crippen LogP contribution is 2.28. The van der Waals surface area contributed by atoms with Gasteiger partial charge in [-0.25, -0.2) is 0 Å². The Balaban J connectivity index is 1.57. The van der Waals surface area contributed by atoms with Gasteiger partial charge in [0, 0.05) is 12.5 Å². The molecular weight excluding hydrogens is 292 g/mol. The average molecular weight is 322 g/mol. The molecule has 0 atom stereocenters. The van der Waals surface area contributed by atoms with Gasteiger partial charge in [-0.1, -0.05) is 60.7 Å². The second-order valence-corrected chi connectivity index (χ2v) is 7.15. The summed E-state index contributed by atoms with van der Waals surface area (Å²) in [6.07, 6.45) is 5.28. The highest BCUT2D eigenvalue weighted by atomic mass is 14.9. The van der Waals surface area contributed by atoms with Crippen LogP contribution in [0.2, 0.25) is 0 Å². The Labute approximate surface area is 146 Å². The van der Waals surface area contributed by atoms with E-state index in [0.29, 0.717) is 5.92 Å². The van der Waals surface area contributed by atoms with Gasteiger partial charge in [-0.2, -0.15) is 0 Å². The van der Waals surface area contributed by atoms with E-state index in [-0.39, 0.29) is 0 Å². The van der Waals surface area contributed by atoms with E-state index in [9.17, 15) is 0 Å². The van der Waals surface area contributed by atoms with Gasteiger partial charge < -0.3 is 11.1 Å². The Bertz CT molecular complexity index is 534.